The quantitative estimate of drug-likeness (QED) is 0.433. The van der Waals surface area contributed by atoms with Crippen LogP contribution in [-0.4, -0.2) is 13.3 Å². The predicted molar refractivity (Wildman–Crippen MR) is 44.1 cm³/mol. The van der Waals surface area contributed by atoms with Crippen LogP contribution >= 0.6 is 0 Å². The minimum absolute atomic E-state index is 0.880. The molecule has 0 radical (unpaired) electrons. The van der Waals surface area contributed by atoms with Crippen molar-refractivity contribution < 1.29 is 4.74 Å². The van der Waals surface area contributed by atoms with E-state index in [-0.39, 0.29) is 0 Å². The zero-order chi connectivity index (χ0) is 7.98. The van der Waals surface area contributed by atoms with Crippen LogP contribution < -0.4 is 0 Å². The lowest BCUT2D eigenvalue weighted by Gasteiger charge is -1.99. The summed E-state index contributed by atoms with van der Waals surface area (Å²) in [6.45, 7) is 7.29. The summed E-state index contributed by atoms with van der Waals surface area (Å²) >= 11 is 0. The molecule has 0 rings (SSSR count). The Hall–Kier alpha value is -1.05. The van der Waals surface area contributed by atoms with Crippen molar-refractivity contribution in [3.8, 4) is 0 Å². The summed E-state index contributed by atoms with van der Waals surface area (Å²) in [5, 5.41) is 0. The molecule has 0 heterocycles. The molecule has 0 fully saturated rings. The van der Waals surface area contributed by atoms with Crippen LogP contribution in [0.1, 0.15) is 13.8 Å². The average molecular weight is 139 g/mol. The van der Waals surface area contributed by atoms with Crippen LogP contribution in [-0.2, 0) is 4.74 Å². The first-order chi connectivity index (χ1) is 4.72. The Morgan fingerprint density at radius 3 is 2.50 bits per heavy atom. The Labute approximate surface area is 61.9 Å². The van der Waals surface area contributed by atoms with E-state index >= 15 is 0 Å². The van der Waals surface area contributed by atoms with Gasteiger partial charge in [0.05, 0.1) is 12.9 Å². The Morgan fingerprint density at radius 2 is 2.10 bits per heavy atom. The molecule has 0 bridgehead atoms. The van der Waals surface area contributed by atoms with Crippen molar-refractivity contribution in [3.05, 3.63) is 24.1 Å². The lowest BCUT2D eigenvalue weighted by atomic mass is 10.3. The van der Waals surface area contributed by atoms with Gasteiger partial charge in [-0.3, -0.25) is 4.99 Å². The van der Waals surface area contributed by atoms with E-state index in [0.29, 0.717) is 0 Å². The normalized spacial score (nSPS) is 13.1. The average Bonchev–Trinajstić information content (AvgIpc) is 1.98. The summed E-state index contributed by atoms with van der Waals surface area (Å²) in [6, 6.07) is 0. The van der Waals surface area contributed by atoms with Crippen molar-refractivity contribution in [2.24, 2.45) is 4.99 Å². The van der Waals surface area contributed by atoms with Crippen molar-refractivity contribution in [1.29, 1.82) is 0 Å². The van der Waals surface area contributed by atoms with Gasteiger partial charge in [0.1, 0.15) is 0 Å². The van der Waals surface area contributed by atoms with Crippen LogP contribution in [0.25, 0.3) is 0 Å². The van der Waals surface area contributed by atoms with Crippen molar-refractivity contribution in [1.82, 2.24) is 0 Å². The Morgan fingerprint density at radius 1 is 1.50 bits per heavy atom. The molecule has 0 saturated carbocycles. The molecule has 0 aromatic rings. The SMILES string of the molecule is C=CN=C/C(C)=C(\C)OC. The van der Waals surface area contributed by atoms with Gasteiger partial charge in [-0.25, -0.2) is 0 Å². The van der Waals surface area contributed by atoms with Gasteiger partial charge in [0.25, 0.3) is 0 Å². The van der Waals surface area contributed by atoms with Crippen LogP contribution in [0.3, 0.4) is 0 Å². The van der Waals surface area contributed by atoms with Crippen LogP contribution in [0.15, 0.2) is 29.1 Å². The molecular weight excluding hydrogens is 126 g/mol. The van der Waals surface area contributed by atoms with Gasteiger partial charge < -0.3 is 4.74 Å². The molecular formula is C8H13NO. The first-order valence-corrected chi connectivity index (χ1v) is 3.08. The molecule has 0 atom stereocenters. The fourth-order valence-corrected chi connectivity index (χ4v) is 0.416. The van der Waals surface area contributed by atoms with Crippen molar-refractivity contribution >= 4 is 6.21 Å². The second-order valence-electron chi connectivity index (χ2n) is 1.90. The maximum atomic E-state index is 4.96. The Kier molecular flexibility index (Phi) is 4.29. The number of hydrogen-bond donors (Lipinski definition) is 0. The van der Waals surface area contributed by atoms with E-state index in [4.69, 9.17) is 4.74 Å². The molecule has 0 N–H and O–H groups in total. The lowest BCUT2D eigenvalue weighted by Crippen LogP contribution is -1.87. The maximum absolute atomic E-state index is 4.96. The molecule has 0 spiro atoms. The molecule has 2 heteroatoms. The van der Waals surface area contributed by atoms with E-state index in [2.05, 4.69) is 11.6 Å². The Balaban J connectivity index is 4.17. The molecule has 0 aromatic carbocycles. The topological polar surface area (TPSA) is 21.6 Å². The van der Waals surface area contributed by atoms with Gasteiger partial charge in [0.2, 0.25) is 0 Å². The van der Waals surface area contributed by atoms with Crippen molar-refractivity contribution in [2.75, 3.05) is 7.11 Å². The summed E-state index contributed by atoms with van der Waals surface area (Å²) in [7, 11) is 1.64. The highest BCUT2D eigenvalue weighted by Crippen LogP contribution is 1.99. The van der Waals surface area contributed by atoms with E-state index in [1.54, 1.807) is 13.3 Å². The van der Waals surface area contributed by atoms with Gasteiger partial charge in [-0.15, -0.1) is 0 Å². The van der Waals surface area contributed by atoms with Crippen LogP contribution in [0.2, 0.25) is 0 Å². The highest BCUT2D eigenvalue weighted by Gasteiger charge is 1.89. The summed E-state index contributed by atoms with van der Waals surface area (Å²) in [4.78, 5) is 3.84. The fraction of sp³-hybridized carbons (Fsp3) is 0.375. The number of rotatable bonds is 3. The molecule has 0 saturated heterocycles. The number of allylic oxidation sites excluding steroid dienone is 2. The van der Waals surface area contributed by atoms with Crippen molar-refractivity contribution in [2.45, 2.75) is 13.8 Å². The second kappa shape index (κ2) is 4.79. The summed E-state index contributed by atoms with van der Waals surface area (Å²) in [5.74, 6) is 0.880. The Bertz CT molecular complexity index is 168. The maximum Gasteiger partial charge on any atom is 0.0968 e. The largest absolute Gasteiger partial charge is 0.501 e. The summed E-state index contributed by atoms with van der Waals surface area (Å²) < 4.78 is 4.96. The van der Waals surface area contributed by atoms with Crippen LogP contribution in [0, 0.1) is 0 Å². The zero-order valence-electron chi connectivity index (χ0n) is 6.72. The van der Waals surface area contributed by atoms with Gasteiger partial charge >= 0.3 is 0 Å². The first-order valence-electron chi connectivity index (χ1n) is 3.08. The summed E-state index contributed by atoms with van der Waals surface area (Å²) in [6.07, 6.45) is 3.21. The van der Waals surface area contributed by atoms with Gasteiger partial charge in [-0.05, 0) is 13.8 Å². The first kappa shape index (κ1) is 8.95. The number of methoxy groups -OCH3 is 1. The number of nitrogens with zero attached hydrogens (tertiary/aromatic N) is 1. The van der Waals surface area contributed by atoms with Gasteiger partial charge in [0, 0.05) is 18.0 Å². The molecule has 10 heavy (non-hydrogen) atoms. The molecule has 0 aliphatic rings. The third kappa shape index (κ3) is 3.07. The molecule has 0 aliphatic heterocycles. The zero-order valence-corrected chi connectivity index (χ0v) is 6.72. The standard InChI is InChI=1S/C8H13NO/c1-5-9-6-7(2)8(3)10-4/h5-6H,1H2,2-4H3/b8-7+,9-6?. The highest BCUT2D eigenvalue weighted by molar-refractivity contribution is 5.78. The van der Waals surface area contributed by atoms with Gasteiger partial charge in [0.15, 0.2) is 0 Å². The minimum atomic E-state index is 0.880. The second-order valence-corrected chi connectivity index (χ2v) is 1.90. The third-order valence-corrected chi connectivity index (χ3v) is 1.24. The smallest absolute Gasteiger partial charge is 0.0968 e. The summed E-state index contributed by atoms with van der Waals surface area (Å²) in [5.41, 5.74) is 1.02. The molecule has 0 aromatic heterocycles. The monoisotopic (exact) mass is 139 g/mol. The van der Waals surface area contributed by atoms with E-state index < -0.39 is 0 Å². The molecule has 0 unspecified atom stereocenters. The predicted octanol–water partition coefficient (Wildman–Crippen LogP) is 2.14. The van der Waals surface area contributed by atoms with E-state index in [0.717, 1.165) is 11.3 Å². The molecule has 0 aliphatic carbocycles. The van der Waals surface area contributed by atoms with Crippen LogP contribution in [0.5, 0.6) is 0 Å². The molecule has 0 amide bonds. The van der Waals surface area contributed by atoms with Crippen LogP contribution in [0.4, 0.5) is 0 Å². The van der Waals surface area contributed by atoms with Crippen molar-refractivity contribution in [3.63, 3.8) is 0 Å². The fourth-order valence-electron chi connectivity index (χ4n) is 0.416. The minimum Gasteiger partial charge on any atom is -0.501 e. The third-order valence-electron chi connectivity index (χ3n) is 1.24. The number of ether oxygens (including phenoxy) is 1. The number of aliphatic imine (C=N–C) groups is 1. The van der Waals surface area contributed by atoms with E-state index in [9.17, 15) is 0 Å². The molecule has 2 nitrogen and oxygen atoms in total. The number of hydrogen-bond acceptors (Lipinski definition) is 2. The van der Waals surface area contributed by atoms with Gasteiger partial charge in [-0.1, -0.05) is 6.58 Å². The van der Waals surface area contributed by atoms with E-state index in [1.807, 2.05) is 13.8 Å². The highest BCUT2D eigenvalue weighted by atomic mass is 16.5. The van der Waals surface area contributed by atoms with E-state index in [1.165, 1.54) is 6.20 Å². The van der Waals surface area contributed by atoms with Gasteiger partial charge in [-0.2, -0.15) is 0 Å². The molecule has 56 valence electrons. The lowest BCUT2D eigenvalue weighted by molar-refractivity contribution is 0.291.